The molecule has 4 heteroatoms. The van der Waals surface area contributed by atoms with Gasteiger partial charge in [-0.15, -0.1) is 0 Å². The van der Waals surface area contributed by atoms with Crippen LogP contribution in [0.3, 0.4) is 0 Å². The lowest BCUT2D eigenvalue weighted by atomic mass is 10.1. The molecule has 0 amide bonds. The molecular formula is C15H14BrNO2. The van der Waals surface area contributed by atoms with Gasteiger partial charge in [0.25, 0.3) is 0 Å². The van der Waals surface area contributed by atoms with Crippen molar-refractivity contribution in [1.82, 2.24) is 5.32 Å². The molecule has 2 aromatic rings. The third-order valence-corrected chi connectivity index (χ3v) is 3.55. The van der Waals surface area contributed by atoms with Crippen LogP contribution in [0, 0.1) is 0 Å². The largest absolute Gasteiger partial charge is 0.478 e. The summed E-state index contributed by atoms with van der Waals surface area (Å²) >= 11 is 3.50. The van der Waals surface area contributed by atoms with E-state index in [2.05, 4.69) is 21.2 Å². The average Bonchev–Trinajstić information content (AvgIpc) is 2.41. The van der Waals surface area contributed by atoms with E-state index < -0.39 is 5.97 Å². The summed E-state index contributed by atoms with van der Waals surface area (Å²) in [5.41, 5.74) is 2.46. The lowest BCUT2D eigenvalue weighted by Crippen LogP contribution is -2.13. The van der Waals surface area contributed by atoms with Crippen LogP contribution in [0.5, 0.6) is 0 Å². The van der Waals surface area contributed by atoms with E-state index in [1.54, 1.807) is 18.2 Å². The quantitative estimate of drug-likeness (QED) is 0.887. The van der Waals surface area contributed by atoms with Crippen LogP contribution in [0.25, 0.3) is 0 Å². The number of carbonyl (C=O) groups is 1. The zero-order chi connectivity index (χ0) is 13.7. The van der Waals surface area contributed by atoms with Crippen LogP contribution in [-0.2, 0) is 13.1 Å². The van der Waals surface area contributed by atoms with Gasteiger partial charge in [0, 0.05) is 17.6 Å². The fourth-order valence-electron chi connectivity index (χ4n) is 1.80. The molecule has 0 fully saturated rings. The molecule has 2 aromatic carbocycles. The zero-order valence-electron chi connectivity index (χ0n) is 10.3. The summed E-state index contributed by atoms with van der Waals surface area (Å²) in [6, 6.07) is 15.0. The number of benzene rings is 2. The number of hydrogen-bond acceptors (Lipinski definition) is 2. The third-order valence-electron chi connectivity index (χ3n) is 2.78. The molecule has 0 aliphatic heterocycles. The van der Waals surface area contributed by atoms with Crippen LogP contribution in [0.4, 0.5) is 0 Å². The van der Waals surface area contributed by atoms with E-state index >= 15 is 0 Å². The van der Waals surface area contributed by atoms with E-state index in [0.29, 0.717) is 12.1 Å². The maximum absolute atomic E-state index is 10.9. The molecule has 0 aliphatic carbocycles. The molecule has 19 heavy (non-hydrogen) atoms. The first-order valence-corrected chi connectivity index (χ1v) is 6.72. The SMILES string of the molecule is O=C(O)c1cccc(CNCc2ccccc2Br)c1. The number of carboxylic acid groups (broad SMARTS) is 1. The third kappa shape index (κ3) is 3.91. The Bertz CT molecular complexity index is 584. The van der Waals surface area contributed by atoms with E-state index in [1.165, 1.54) is 5.56 Å². The molecule has 0 aliphatic rings. The molecule has 3 nitrogen and oxygen atoms in total. The van der Waals surface area contributed by atoms with Crippen molar-refractivity contribution in [1.29, 1.82) is 0 Å². The van der Waals surface area contributed by atoms with Gasteiger partial charge < -0.3 is 10.4 Å². The van der Waals surface area contributed by atoms with Gasteiger partial charge in [-0.25, -0.2) is 4.79 Å². The Balaban J connectivity index is 1.94. The molecule has 0 saturated carbocycles. The molecule has 0 unspecified atom stereocenters. The first kappa shape index (κ1) is 13.8. The van der Waals surface area contributed by atoms with E-state index in [9.17, 15) is 4.79 Å². The first-order chi connectivity index (χ1) is 9.16. The Morgan fingerprint density at radius 1 is 1.11 bits per heavy atom. The van der Waals surface area contributed by atoms with Crippen molar-refractivity contribution in [3.05, 3.63) is 69.7 Å². The van der Waals surface area contributed by atoms with Gasteiger partial charge in [0.2, 0.25) is 0 Å². The van der Waals surface area contributed by atoms with Crippen LogP contribution in [0.15, 0.2) is 53.0 Å². The number of hydrogen-bond donors (Lipinski definition) is 2. The maximum Gasteiger partial charge on any atom is 0.335 e. The summed E-state index contributed by atoms with van der Waals surface area (Å²) in [4.78, 5) is 10.9. The fraction of sp³-hybridized carbons (Fsp3) is 0.133. The Kier molecular flexibility index (Phi) is 4.71. The van der Waals surface area contributed by atoms with Gasteiger partial charge in [0.05, 0.1) is 5.56 Å². The van der Waals surface area contributed by atoms with E-state index in [4.69, 9.17) is 5.11 Å². The Morgan fingerprint density at radius 2 is 1.89 bits per heavy atom. The molecule has 0 radical (unpaired) electrons. The van der Waals surface area contributed by atoms with Gasteiger partial charge in [-0.2, -0.15) is 0 Å². The summed E-state index contributed by atoms with van der Waals surface area (Å²) in [6.07, 6.45) is 0. The second kappa shape index (κ2) is 6.50. The highest BCUT2D eigenvalue weighted by molar-refractivity contribution is 9.10. The summed E-state index contributed by atoms with van der Waals surface area (Å²) in [5, 5.41) is 12.2. The van der Waals surface area contributed by atoms with E-state index in [0.717, 1.165) is 16.6 Å². The minimum absolute atomic E-state index is 0.320. The summed E-state index contributed by atoms with van der Waals surface area (Å²) in [5.74, 6) is -0.896. The van der Waals surface area contributed by atoms with Crippen molar-refractivity contribution < 1.29 is 9.90 Å². The van der Waals surface area contributed by atoms with Gasteiger partial charge in [-0.3, -0.25) is 0 Å². The summed E-state index contributed by atoms with van der Waals surface area (Å²) in [7, 11) is 0. The van der Waals surface area contributed by atoms with Crippen molar-refractivity contribution in [2.45, 2.75) is 13.1 Å². The minimum Gasteiger partial charge on any atom is -0.478 e. The Labute approximate surface area is 120 Å². The van der Waals surface area contributed by atoms with Crippen molar-refractivity contribution in [3.8, 4) is 0 Å². The number of rotatable bonds is 5. The predicted octanol–water partition coefficient (Wildman–Crippen LogP) is 3.44. The number of nitrogens with one attached hydrogen (secondary N) is 1. The van der Waals surface area contributed by atoms with Crippen molar-refractivity contribution in [2.24, 2.45) is 0 Å². The normalized spacial score (nSPS) is 10.4. The fourth-order valence-corrected chi connectivity index (χ4v) is 2.22. The monoisotopic (exact) mass is 319 g/mol. The molecule has 0 spiro atoms. The molecule has 0 heterocycles. The maximum atomic E-state index is 10.9. The molecule has 0 saturated heterocycles. The number of aromatic carboxylic acids is 1. The Morgan fingerprint density at radius 3 is 2.63 bits per heavy atom. The topological polar surface area (TPSA) is 49.3 Å². The highest BCUT2D eigenvalue weighted by Crippen LogP contribution is 2.15. The number of carboxylic acids is 1. The highest BCUT2D eigenvalue weighted by atomic mass is 79.9. The van der Waals surface area contributed by atoms with Crippen LogP contribution >= 0.6 is 15.9 Å². The Hall–Kier alpha value is -1.65. The van der Waals surface area contributed by atoms with Crippen molar-refractivity contribution in [2.75, 3.05) is 0 Å². The lowest BCUT2D eigenvalue weighted by molar-refractivity contribution is 0.0696. The summed E-state index contributed by atoms with van der Waals surface area (Å²) < 4.78 is 1.07. The molecule has 2 rings (SSSR count). The molecule has 0 aromatic heterocycles. The molecule has 0 atom stereocenters. The van der Waals surface area contributed by atoms with Gasteiger partial charge in [-0.05, 0) is 29.3 Å². The van der Waals surface area contributed by atoms with Gasteiger partial charge in [-0.1, -0.05) is 46.3 Å². The summed E-state index contributed by atoms with van der Waals surface area (Å²) in [6.45, 7) is 1.38. The van der Waals surface area contributed by atoms with Crippen molar-refractivity contribution >= 4 is 21.9 Å². The van der Waals surface area contributed by atoms with Crippen LogP contribution in [-0.4, -0.2) is 11.1 Å². The van der Waals surface area contributed by atoms with Crippen LogP contribution in [0.1, 0.15) is 21.5 Å². The minimum atomic E-state index is -0.896. The molecule has 0 bridgehead atoms. The van der Waals surface area contributed by atoms with Gasteiger partial charge >= 0.3 is 5.97 Å². The van der Waals surface area contributed by atoms with Crippen molar-refractivity contribution in [3.63, 3.8) is 0 Å². The van der Waals surface area contributed by atoms with Crippen LogP contribution in [0.2, 0.25) is 0 Å². The zero-order valence-corrected chi connectivity index (χ0v) is 11.9. The number of halogens is 1. The second-order valence-corrected chi connectivity index (χ2v) is 5.05. The average molecular weight is 320 g/mol. The standard InChI is InChI=1S/C15H14BrNO2/c16-14-7-2-1-5-13(14)10-17-9-11-4-3-6-12(8-11)15(18)19/h1-8,17H,9-10H2,(H,18,19). The van der Waals surface area contributed by atoms with Gasteiger partial charge in [0.15, 0.2) is 0 Å². The first-order valence-electron chi connectivity index (χ1n) is 5.93. The lowest BCUT2D eigenvalue weighted by Gasteiger charge is -2.07. The smallest absolute Gasteiger partial charge is 0.335 e. The predicted molar refractivity (Wildman–Crippen MR) is 78.1 cm³/mol. The molecule has 98 valence electrons. The van der Waals surface area contributed by atoms with E-state index in [1.807, 2.05) is 30.3 Å². The van der Waals surface area contributed by atoms with Crippen LogP contribution < -0.4 is 5.32 Å². The highest BCUT2D eigenvalue weighted by Gasteiger charge is 2.03. The molecular weight excluding hydrogens is 306 g/mol. The van der Waals surface area contributed by atoms with E-state index in [-0.39, 0.29) is 0 Å². The molecule has 2 N–H and O–H groups in total. The van der Waals surface area contributed by atoms with Gasteiger partial charge in [0.1, 0.15) is 0 Å². The second-order valence-electron chi connectivity index (χ2n) is 4.20.